The van der Waals surface area contributed by atoms with Gasteiger partial charge in [-0.3, -0.25) is 10.2 Å². The third-order valence-electron chi connectivity index (χ3n) is 1.75. The van der Waals surface area contributed by atoms with E-state index < -0.39 is 23.5 Å². The van der Waals surface area contributed by atoms with E-state index in [1.807, 2.05) is 5.43 Å². The van der Waals surface area contributed by atoms with E-state index in [1.165, 1.54) is 20.8 Å². The van der Waals surface area contributed by atoms with E-state index in [0.717, 1.165) is 0 Å². The van der Waals surface area contributed by atoms with Crippen molar-refractivity contribution >= 4 is 5.91 Å². The molecule has 0 spiro atoms. The highest BCUT2D eigenvalue weighted by atomic mass is 16.3. The second-order valence-electron chi connectivity index (χ2n) is 3.40. The highest BCUT2D eigenvalue weighted by Crippen LogP contribution is 2.16. The predicted octanol–water partition coefficient (Wildman–Crippen LogP) is -1.26. The van der Waals surface area contributed by atoms with Crippen LogP contribution in [-0.4, -0.2) is 27.8 Å². The molecule has 0 aromatic carbocycles. The van der Waals surface area contributed by atoms with Crippen molar-refractivity contribution in [2.75, 3.05) is 0 Å². The topological polar surface area (TPSA) is 95.6 Å². The Morgan fingerprint density at radius 1 is 1.58 bits per heavy atom. The van der Waals surface area contributed by atoms with Gasteiger partial charge in [0.2, 0.25) is 5.91 Å². The number of hydrazine groups is 1. The first kappa shape index (κ1) is 11.4. The molecule has 0 fully saturated rings. The molecule has 0 radical (unpaired) electrons. The molecular weight excluding hydrogens is 160 g/mol. The number of amides is 1. The summed E-state index contributed by atoms with van der Waals surface area (Å²) >= 11 is 0. The Bertz CT molecular complexity index is 165. The molecule has 0 aliphatic heterocycles. The number of rotatable bonds is 3. The SMILES string of the molecule is C[C@H](C(=O)NN)[C@H](O)C(C)(C)O. The van der Waals surface area contributed by atoms with Gasteiger partial charge in [-0.05, 0) is 13.8 Å². The highest BCUT2D eigenvalue weighted by molar-refractivity contribution is 5.78. The lowest BCUT2D eigenvalue weighted by molar-refractivity contribution is -0.136. The van der Waals surface area contributed by atoms with E-state index >= 15 is 0 Å². The molecular formula is C7H16N2O3. The normalized spacial score (nSPS) is 16.8. The molecule has 0 heterocycles. The van der Waals surface area contributed by atoms with Crippen LogP contribution in [0.5, 0.6) is 0 Å². The second kappa shape index (κ2) is 3.84. The molecule has 12 heavy (non-hydrogen) atoms. The zero-order chi connectivity index (χ0) is 9.94. The van der Waals surface area contributed by atoms with Crippen molar-refractivity contribution in [3.63, 3.8) is 0 Å². The molecule has 0 bridgehead atoms. The minimum atomic E-state index is -1.30. The molecule has 0 aliphatic carbocycles. The van der Waals surface area contributed by atoms with Gasteiger partial charge in [0.05, 0.1) is 17.6 Å². The molecule has 0 saturated carbocycles. The summed E-state index contributed by atoms with van der Waals surface area (Å²) in [7, 11) is 0. The van der Waals surface area contributed by atoms with Gasteiger partial charge in [-0.1, -0.05) is 6.92 Å². The van der Waals surface area contributed by atoms with Crippen molar-refractivity contribution in [1.29, 1.82) is 0 Å². The summed E-state index contributed by atoms with van der Waals surface area (Å²) in [4.78, 5) is 10.9. The van der Waals surface area contributed by atoms with Gasteiger partial charge < -0.3 is 10.2 Å². The van der Waals surface area contributed by atoms with Crippen molar-refractivity contribution in [1.82, 2.24) is 5.43 Å². The number of aliphatic hydroxyl groups excluding tert-OH is 1. The van der Waals surface area contributed by atoms with Crippen molar-refractivity contribution < 1.29 is 15.0 Å². The lowest BCUT2D eigenvalue weighted by Gasteiger charge is -2.28. The van der Waals surface area contributed by atoms with Gasteiger partial charge >= 0.3 is 0 Å². The van der Waals surface area contributed by atoms with Crippen LogP contribution in [0.2, 0.25) is 0 Å². The number of carbonyl (C=O) groups is 1. The molecule has 2 atom stereocenters. The summed E-state index contributed by atoms with van der Waals surface area (Å²) in [5, 5.41) is 18.7. The fourth-order valence-corrected chi connectivity index (χ4v) is 0.887. The van der Waals surface area contributed by atoms with E-state index in [9.17, 15) is 15.0 Å². The van der Waals surface area contributed by atoms with E-state index in [-0.39, 0.29) is 0 Å². The Hall–Kier alpha value is -0.650. The van der Waals surface area contributed by atoms with E-state index in [0.29, 0.717) is 0 Å². The number of aliphatic hydroxyl groups is 2. The fourth-order valence-electron chi connectivity index (χ4n) is 0.887. The van der Waals surface area contributed by atoms with Gasteiger partial charge in [0.25, 0.3) is 0 Å². The molecule has 0 aliphatic rings. The lowest BCUT2D eigenvalue weighted by atomic mass is 9.90. The van der Waals surface area contributed by atoms with Crippen LogP contribution >= 0.6 is 0 Å². The van der Waals surface area contributed by atoms with E-state index in [2.05, 4.69) is 0 Å². The van der Waals surface area contributed by atoms with Gasteiger partial charge in [-0.2, -0.15) is 0 Å². The van der Waals surface area contributed by atoms with Crippen molar-refractivity contribution in [2.24, 2.45) is 11.8 Å². The van der Waals surface area contributed by atoms with Gasteiger partial charge in [0.15, 0.2) is 0 Å². The van der Waals surface area contributed by atoms with Crippen molar-refractivity contribution in [3.8, 4) is 0 Å². The summed E-state index contributed by atoms with van der Waals surface area (Å²) in [5.41, 5.74) is 0.608. The van der Waals surface area contributed by atoms with Gasteiger partial charge in [-0.15, -0.1) is 0 Å². The van der Waals surface area contributed by atoms with Crippen LogP contribution in [0.25, 0.3) is 0 Å². The molecule has 5 N–H and O–H groups in total. The molecule has 1 amide bonds. The molecule has 0 aromatic rings. The number of hydrogen-bond donors (Lipinski definition) is 4. The van der Waals surface area contributed by atoms with Crippen LogP contribution in [0.4, 0.5) is 0 Å². The highest BCUT2D eigenvalue weighted by Gasteiger charge is 2.33. The summed E-state index contributed by atoms with van der Waals surface area (Å²) in [6.45, 7) is 4.35. The predicted molar refractivity (Wildman–Crippen MR) is 43.8 cm³/mol. The zero-order valence-corrected chi connectivity index (χ0v) is 7.53. The Morgan fingerprint density at radius 2 is 2.00 bits per heavy atom. The van der Waals surface area contributed by atoms with Crippen molar-refractivity contribution in [3.05, 3.63) is 0 Å². The minimum absolute atomic E-state index is 0.496. The van der Waals surface area contributed by atoms with E-state index in [1.54, 1.807) is 0 Å². The van der Waals surface area contributed by atoms with Gasteiger partial charge in [0.1, 0.15) is 0 Å². The summed E-state index contributed by atoms with van der Waals surface area (Å²) in [6, 6.07) is 0. The zero-order valence-electron chi connectivity index (χ0n) is 7.53. The second-order valence-corrected chi connectivity index (χ2v) is 3.40. The fraction of sp³-hybridized carbons (Fsp3) is 0.857. The molecule has 5 nitrogen and oxygen atoms in total. The standard InChI is InChI=1S/C7H16N2O3/c1-4(6(11)9-8)5(10)7(2,3)12/h4-5,10,12H,8H2,1-3H3,(H,9,11)/t4-,5-/m0/s1. The first-order chi connectivity index (χ1) is 5.30. The summed E-state index contributed by atoms with van der Waals surface area (Å²) in [6.07, 6.45) is -1.12. The third kappa shape index (κ3) is 2.77. The maximum Gasteiger partial charge on any atom is 0.239 e. The van der Waals surface area contributed by atoms with Crippen LogP contribution in [0.1, 0.15) is 20.8 Å². The smallest absolute Gasteiger partial charge is 0.239 e. The minimum Gasteiger partial charge on any atom is -0.389 e. The van der Waals surface area contributed by atoms with Crippen LogP contribution in [0.15, 0.2) is 0 Å². The monoisotopic (exact) mass is 176 g/mol. The molecule has 5 heteroatoms. The quantitative estimate of drug-likeness (QED) is 0.245. The molecule has 0 rings (SSSR count). The Kier molecular flexibility index (Phi) is 3.63. The summed E-state index contributed by atoms with van der Waals surface area (Å²) in [5.74, 6) is 3.64. The molecule has 72 valence electrons. The van der Waals surface area contributed by atoms with Crippen molar-refractivity contribution in [2.45, 2.75) is 32.5 Å². The largest absolute Gasteiger partial charge is 0.389 e. The Morgan fingerprint density at radius 3 is 2.25 bits per heavy atom. The number of hydrogen-bond acceptors (Lipinski definition) is 4. The number of nitrogens with one attached hydrogen (secondary N) is 1. The Labute approximate surface area is 71.5 Å². The average Bonchev–Trinajstić information content (AvgIpc) is 1.98. The van der Waals surface area contributed by atoms with Gasteiger partial charge in [-0.25, -0.2) is 5.84 Å². The van der Waals surface area contributed by atoms with Crippen LogP contribution in [0, 0.1) is 5.92 Å². The first-order valence-electron chi connectivity index (χ1n) is 3.71. The van der Waals surface area contributed by atoms with Crippen LogP contribution < -0.4 is 11.3 Å². The maximum atomic E-state index is 10.9. The van der Waals surface area contributed by atoms with E-state index in [4.69, 9.17) is 5.84 Å². The molecule has 0 saturated heterocycles. The third-order valence-corrected chi connectivity index (χ3v) is 1.75. The lowest BCUT2D eigenvalue weighted by Crippen LogP contribution is -2.48. The van der Waals surface area contributed by atoms with Crippen LogP contribution in [-0.2, 0) is 4.79 Å². The van der Waals surface area contributed by atoms with Gasteiger partial charge in [0, 0.05) is 0 Å². The Balaban J connectivity index is 4.29. The number of carbonyl (C=O) groups excluding carboxylic acids is 1. The maximum absolute atomic E-state index is 10.9. The molecule has 0 aromatic heterocycles. The molecule has 0 unspecified atom stereocenters. The van der Waals surface area contributed by atoms with Crippen LogP contribution in [0.3, 0.4) is 0 Å². The summed E-state index contributed by atoms with van der Waals surface area (Å²) < 4.78 is 0. The average molecular weight is 176 g/mol. The first-order valence-corrected chi connectivity index (χ1v) is 3.71. The number of nitrogens with two attached hydrogens (primary N) is 1.